The Morgan fingerprint density at radius 1 is 1.10 bits per heavy atom. The maximum Gasteiger partial charge on any atom is 0.224 e. The zero-order valence-corrected chi connectivity index (χ0v) is 23.5. The number of pyridine rings is 1. The fourth-order valence-corrected chi connectivity index (χ4v) is 6.06. The van der Waals surface area contributed by atoms with E-state index in [4.69, 9.17) is 31.0 Å². The van der Waals surface area contributed by atoms with Gasteiger partial charge in [0, 0.05) is 43.3 Å². The van der Waals surface area contributed by atoms with Crippen LogP contribution in [0, 0.1) is 5.92 Å². The summed E-state index contributed by atoms with van der Waals surface area (Å²) < 4.78 is 12.8. The van der Waals surface area contributed by atoms with E-state index in [1.807, 2.05) is 28.9 Å². The van der Waals surface area contributed by atoms with Gasteiger partial charge >= 0.3 is 0 Å². The lowest BCUT2D eigenvalue weighted by Crippen LogP contribution is -2.37. The van der Waals surface area contributed by atoms with Crippen molar-refractivity contribution in [1.29, 1.82) is 0 Å². The maximum absolute atomic E-state index is 9.91. The monoisotopic (exact) mass is 562 g/mol. The van der Waals surface area contributed by atoms with Crippen molar-refractivity contribution in [1.82, 2.24) is 19.4 Å². The Kier molecular flexibility index (Phi) is 8.04. The number of methoxy groups -OCH3 is 1. The van der Waals surface area contributed by atoms with Crippen molar-refractivity contribution in [2.45, 2.75) is 44.8 Å². The number of nitrogens with zero attached hydrogens (tertiary/aromatic N) is 5. The average Bonchev–Trinajstić information content (AvgIpc) is 3.42. The third-order valence-corrected chi connectivity index (χ3v) is 8.32. The van der Waals surface area contributed by atoms with Crippen LogP contribution in [0.5, 0.6) is 5.75 Å². The molecular formula is C30H35ClN6O3. The summed E-state index contributed by atoms with van der Waals surface area (Å²) >= 11 is 6.38. The van der Waals surface area contributed by atoms with Crippen LogP contribution in [-0.2, 0) is 17.8 Å². The molecule has 0 radical (unpaired) electrons. The van der Waals surface area contributed by atoms with Crippen LogP contribution >= 0.6 is 11.6 Å². The number of aromatic nitrogens is 4. The maximum atomic E-state index is 9.91. The molecule has 210 valence electrons. The van der Waals surface area contributed by atoms with Crippen molar-refractivity contribution in [3.8, 4) is 17.0 Å². The third-order valence-electron chi connectivity index (χ3n) is 8.03. The molecule has 0 bridgehead atoms. The summed E-state index contributed by atoms with van der Waals surface area (Å²) in [5.41, 5.74) is 4.49. The zero-order valence-electron chi connectivity index (χ0n) is 22.7. The Balaban J connectivity index is 1.08. The largest absolute Gasteiger partial charge is 0.495 e. The number of benzene rings is 1. The van der Waals surface area contributed by atoms with E-state index in [1.165, 1.54) is 5.56 Å². The number of halogens is 1. The Bertz CT molecular complexity index is 1460. The first-order chi connectivity index (χ1) is 19.6. The number of hydrogen-bond acceptors (Lipinski definition) is 8. The molecule has 4 aromatic rings. The van der Waals surface area contributed by atoms with E-state index in [0.717, 1.165) is 92.6 Å². The predicted octanol–water partition coefficient (Wildman–Crippen LogP) is 5.00. The predicted molar refractivity (Wildman–Crippen MR) is 156 cm³/mol. The lowest BCUT2D eigenvalue weighted by atomic mass is 9.82. The number of aliphatic hydroxyl groups is 1. The summed E-state index contributed by atoms with van der Waals surface area (Å²) in [6.45, 7) is 3.10. The third kappa shape index (κ3) is 5.87. The highest BCUT2D eigenvalue weighted by Crippen LogP contribution is 2.34. The summed E-state index contributed by atoms with van der Waals surface area (Å²) in [6.07, 6.45) is 11.5. The van der Waals surface area contributed by atoms with Crippen LogP contribution in [0.2, 0.25) is 5.02 Å². The van der Waals surface area contributed by atoms with Crippen LogP contribution in [0.1, 0.15) is 36.8 Å². The number of rotatable bonds is 8. The molecule has 2 fully saturated rings. The van der Waals surface area contributed by atoms with E-state index in [-0.39, 0.29) is 6.61 Å². The molecule has 1 saturated heterocycles. The minimum Gasteiger partial charge on any atom is -0.495 e. The Morgan fingerprint density at radius 2 is 1.93 bits per heavy atom. The minimum atomic E-state index is -0.120. The molecule has 0 amide bonds. The molecule has 10 heteroatoms. The van der Waals surface area contributed by atoms with Crippen LogP contribution in [0.25, 0.3) is 16.9 Å². The molecule has 40 heavy (non-hydrogen) atoms. The van der Waals surface area contributed by atoms with E-state index in [0.29, 0.717) is 22.7 Å². The highest BCUT2D eigenvalue weighted by Gasteiger charge is 2.23. The smallest absolute Gasteiger partial charge is 0.224 e. The molecule has 0 atom stereocenters. The summed E-state index contributed by atoms with van der Waals surface area (Å²) in [4.78, 5) is 16.4. The van der Waals surface area contributed by atoms with Crippen LogP contribution in [-0.4, -0.2) is 63.9 Å². The molecule has 1 aliphatic carbocycles. The van der Waals surface area contributed by atoms with E-state index in [2.05, 4.69) is 33.5 Å². The fourth-order valence-electron chi connectivity index (χ4n) is 5.82. The first kappa shape index (κ1) is 26.8. The normalized spacial score (nSPS) is 19.6. The first-order valence-corrected chi connectivity index (χ1v) is 14.3. The number of nitrogens with one attached hydrogen (secondary N) is 1. The van der Waals surface area contributed by atoms with Gasteiger partial charge in [-0.05, 0) is 79.5 Å². The minimum absolute atomic E-state index is 0.120. The highest BCUT2D eigenvalue weighted by atomic mass is 35.5. The standard InChI is InChI=1S/C30H35ClN6O3/c1-39-27-16-22(19-38)24(17-25(27)31)26-18-37-9-7-21(15-29(37)34-26)14-20-2-4-23(5-3-20)33-30-32-8-6-28(35-30)36-10-12-40-13-11-36/h6-9,15-18,20,23,38H,2-5,10-14,19H2,1H3,(H,32,33,35). The molecule has 9 nitrogen and oxygen atoms in total. The molecule has 0 spiro atoms. The summed E-state index contributed by atoms with van der Waals surface area (Å²) in [7, 11) is 1.57. The fraction of sp³-hybridized carbons (Fsp3) is 0.433. The molecule has 2 aliphatic rings. The van der Waals surface area contributed by atoms with Crippen molar-refractivity contribution in [2.75, 3.05) is 43.6 Å². The van der Waals surface area contributed by atoms with E-state index in [1.54, 1.807) is 13.2 Å². The molecule has 4 heterocycles. The van der Waals surface area contributed by atoms with Gasteiger partial charge < -0.3 is 29.2 Å². The topological polar surface area (TPSA) is 97.0 Å². The average molecular weight is 563 g/mol. The number of aliphatic hydroxyl groups excluding tert-OH is 1. The van der Waals surface area contributed by atoms with Gasteiger partial charge in [0.15, 0.2) is 0 Å². The Hall–Kier alpha value is -3.40. The number of ether oxygens (including phenoxy) is 2. The SMILES string of the molecule is COc1cc(CO)c(-c2cn3ccc(CC4CCC(Nc5nccc(N6CCOCC6)n5)CC4)cc3n2)cc1Cl. The van der Waals surface area contributed by atoms with Gasteiger partial charge in [-0.1, -0.05) is 11.6 Å². The molecular weight excluding hydrogens is 528 g/mol. The number of morpholine rings is 1. The lowest BCUT2D eigenvalue weighted by Gasteiger charge is -2.30. The second-order valence-electron chi connectivity index (χ2n) is 10.6. The van der Waals surface area contributed by atoms with E-state index < -0.39 is 0 Å². The van der Waals surface area contributed by atoms with E-state index in [9.17, 15) is 5.11 Å². The quantitative estimate of drug-likeness (QED) is 0.310. The van der Waals surface area contributed by atoms with Gasteiger partial charge in [0.2, 0.25) is 5.95 Å². The van der Waals surface area contributed by atoms with Crippen LogP contribution in [0.15, 0.2) is 48.9 Å². The van der Waals surface area contributed by atoms with Crippen LogP contribution in [0.4, 0.5) is 11.8 Å². The molecule has 0 unspecified atom stereocenters. The van der Waals surface area contributed by atoms with Crippen molar-refractivity contribution in [3.63, 3.8) is 0 Å². The van der Waals surface area contributed by atoms with Gasteiger partial charge in [-0.2, -0.15) is 4.98 Å². The molecule has 1 saturated carbocycles. The van der Waals surface area contributed by atoms with Crippen molar-refractivity contribution < 1.29 is 14.6 Å². The molecule has 1 aliphatic heterocycles. The van der Waals surface area contributed by atoms with Crippen molar-refractivity contribution in [3.05, 3.63) is 65.1 Å². The number of hydrogen-bond donors (Lipinski definition) is 2. The van der Waals surface area contributed by atoms with Crippen molar-refractivity contribution in [2.24, 2.45) is 5.92 Å². The highest BCUT2D eigenvalue weighted by molar-refractivity contribution is 6.32. The Morgan fingerprint density at radius 3 is 2.70 bits per heavy atom. The zero-order chi connectivity index (χ0) is 27.5. The van der Waals surface area contributed by atoms with Gasteiger partial charge in [0.25, 0.3) is 0 Å². The second kappa shape index (κ2) is 12.0. The van der Waals surface area contributed by atoms with E-state index >= 15 is 0 Å². The van der Waals surface area contributed by atoms with Crippen LogP contribution < -0.4 is 15.0 Å². The van der Waals surface area contributed by atoms with Crippen LogP contribution in [0.3, 0.4) is 0 Å². The molecule has 2 N–H and O–H groups in total. The van der Waals surface area contributed by atoms with Gasteiger partial charge in [-0.25, -0.2) is 9.97 Å². The Labute approximate surface area is 239 Å². The van der Waals surface area contributed by atoms with Gasteiger partial charge in [-0.3, -0.25) is 0 Å². The number of imidazole rings is 1. The van der Waals surface area contributed by atoms with Gasteiger partial charge in [0.1, 0.15) is 17.2 Å². The van der Waals surface area contributed by atoms with Crippen molar-refractivity contribution >= 4 is 29.0 Å². The summed E-state index contributed by atoms with van der Waals surface area (Å²) in [5, 5.41) is 14.0. The number of anilines is 2. The van der Waals surface area contributed by atoms with Gasteiger partial charge in [-0.15, -0.1) is 0 Å². The summed E-state index contributed by atoms with van der Waals surface area (Å²) in [6, 6.07) is 10.3. The molecule has 6 rings (SSSR count). The number of fused-ring (bicyclic) bond motifs is 1. The second-order valence-corrected chi connectivity index (χ2v) is 11.0. The van der Waals surface area contributed by atoms with Gasteiger partial charge in [0.05, 0.1) is 37.6 Å². The molecule has 1 aromatic carbocycles. The summed E-state index contributed by atoms with van der Waals surface area (Å²) in [5.74, 6) is 2.86. The lowest BCUT2D eigenvalue weighted by molar-refractivity contribution is 0.122. The molecule has 3 aromatic heterocycles. The first-order valence-electron chi connectivity index (χ1n) is 14.0.